The van der Waals surface area contributed by atoms with Crippen molar-refractivity contribution in [2.45, 2.75) is 65.0 Å². The van der Waals surface area contributed by atoms with Gasteiger partial charge in [-0.3, -0.25) is 4.79 Å². The molecular formula is C19H30N2O4. The number of anilines is 1. The first-order chi connectivity index (χ1) is 11.4. The van der Waals surface area contributed by atoms with Gasteiger partial charge >= 0.3 is 6.09 Å². The standard InChI is InChI=1S/C19H30N2O4/c1-18(2,3)13-7-9-14(10-8-13)20-16(23)15(11-12-22)21-17(24)25-19(4,5)6/h7-10,15,22H,11-12H2,1-6H3,(H,20,23)(H,21,24)/t15-/m0/s1. The molecule has 0 saturated carbocycles. The van der Waals surface area contributed by atoms with E-state index in [1.807, 2.05) is 24.3 Å². The summed E-state index contributed by atoms with van der Waals surface area (Å²) in [4.78, 5) is 24.3. The molecule has 0 unspecified atom stereocenters. The van der Waals surface area contributed by atoms with E-state index in [0.29, 0.717) is 5.69 Å². The molecule has 1 atom stereocenters. The van der Waals surface area contributed by atoms with Crippen molar-refractivity contribution in [2.75, 3.05) is 11.9 Å². The summed E-state index contributed by atoms with van der Waals surface area (Å²) in [5, 5.41) is 14.4. The minimum atomic E-state index is -0.873. The molecule has 6 heteroatoms. The highest BCUT2D eigenvalue weighted by molar-refractivity contribution is 5.96. The van der Waals surface area contributed by atoms with Crippen molar-refractivity contribution in [3.05, 3.63) is 29.8 Å². The number of alkyl carbamates (subject to hydrolysis) is 1. The quantitative estimate of drug-likeness (QED) is 0.761. The maximum atomic E-state index is 12.4. The number of carbonyl (C=O) groups excluding carboxylic acids is 2. The molecule has 1 aromatic carbocycles. The minimum absolute atomic E-state index is 0.0280. The lowest BCUT2D eigenvalue weighted by Gasteiger charge is -2.23. The van der Waals surface area contributed by atoms with E-state index in [-0.39, 0.29) is 18.4 Å². The predicted octanol–water partition coefficient (Wildman–Crippen LogP) is 3.20. The van der Waals surface area contributed by atoms with Crippen molar-refractivity contribution in [3.8, 4) is 0 Å². The van der Waals surface area contributed by atoms with Crippen molar-refractivity contribution >= 4 is 17.7 Å². The average Bonchev–Trinajstić information content (AvgIpc) is 2.44. The summed E-state index contributed by atoms with van der Waals surface area (Å²) in [6, 6.07) is 6.68. The Morgan fingerprint density at radius 3 is 2.08 bits per heavy atom. The van der Waals surface area contributed by atoms with Crippen LogP contribution in [0.3, 0.4) is 0 Å². The van der Waals surface area contributed by atoms with Crippen LogP contribution >= 0.6 is 0 Å². The molecule has 1 rings (SSSR count). The van der Waals surface area contributed by atoms with Gasteiger partial charge in [-0.05, 0) is 50.3 Å². The van der Waals surface area contributed by atoms with Crippen molar-refractivity contribution in [1.82, 2.24) is 5.32 Å². The van der Waals surface area contributed by atoms with Crippen LogP contribution in [0.25, 0.3) is 0 Å². The number of rotatable bonds is 5. The van der Waals surface area contributed by atoms with Gasteiger partial charge in [-0.2, -0.15) is 0 Å². The topological polar surface area (TPSA) is 87.7 Å². The Balaban J connectivity index is 2.74. The number of aliphatic hydroxyl groups excluding tert-OH is 1. The number of nitrogens with one attached hydrogen (secondary N) is 2. The zero-order valence-electron chi connectivity index (χ0n) is 16.0. The van der Waals surface area contributed by atoms with Gasteiger partial charge in [0.2, 0.25) is 5.91 Å². The first-order valence-electron chi connectivity index (χ1n) is 8.44. The highest BCUT2D eigenvalue weighted by Gasteiger charge is 2.24. The fraction of sp³-hybridized carbons (Fsp3) is 0.579. The lowest BCUT2D eigenvalue weighted by Crippen LogP contribution is -2.46. The van der Waals surface area contributed by atoms with Gasteiger partial charge in [0.05, 0.1) is 0 Å². The normalized spacial score (nSPS) is 13.1. The van der Waals surface area contributed by atoms with Gasteiger partial charge in [0.1, 0.15) is 11.6 Å². The smallest absolute Gasteiger partial charge is 0.408 e. The Morgan fingerprint density at radius 2 is 1.64 bits per heavy atom. The van der Waals surface area contributed by atoms with Crippen LogP contribution in [0, 0.1) is 0 Å². The zero-order valence-corrected chi connectivity index (χ0v) is 16.0. The lowest BCUT2D eigenvalue weighted by molar-refractivity contribution is -0.118. The predicted molar refractivity (Wildman–Crippen MR) is 98.6 cm³/mol. The third-order valence-electron chi connectivity index (χ3n) is 3.44. The van der Waals surface area contributed by atoms with Crippen LogP contribution < -0.4 is 10.6 Å². The molecule has 0 aromatic heterocycles. The van der Waals surface area contributed by atoms with E-state index < -0.39 is 23.6 Å². The Labute approximate surface area is 150 Å². The van der Waals surface area contributed by atoms with Gasteiger partial charge in [-0.1, -0.05) is 32.9 Å². The molecule has 6 nitrogen and oxygen atoms in total. The molecule has 140 valence electrons. The maximum Gasteiger partial charge on any atom is 0.408 e. The molecule has 0 aliphatic heterocycles. The lowest BCUT2D eigenvalue weighted by atomic mass is 9.87. The summed E-state index contributed by atoms with van der Waals surface area (Å²) in [7, 11) is 0. The molecule has 3 N–H and O–H groups in total. The number of ether oxygens (including phenoxy) is 1. The Morgan fingerprint density at radius 1 is 1.08 bits per heavy atom. The van der Waals surface area contributed by atoms with Crippen molar-refractivity contribution < 1.29 is 19.4 Å². The Kier molecular flexibility index (Phi) is 6.99. The number of aliphatic hydroxyl groups is 1. The number of benzene rings is 1. The van der Waals surface area contributed by atoms with Gasteiger partial charge in [-0.15, -0.1) is 0 Å². The summed E-state index contributed by atoms with van der Waals surface area (Å²) in [6.45, 7) is 11.3. The molecule has 0 saturated heterocycles. The average molecular weight is 350 g/mol. The highest BCUT2D eigenvalue weighted by Crippen LogP contribution is 2.23. The fourth-order valence-corrected chi connectivity index (χ4v) is 2.13. The second kappa shape index (κ2) is 8.34. The van der Waals surface area contributed by atoms with Crippen LogP contribution in [0.1, 0.15) is 53.5 Å². The first-order valence-corrected chi connectivity index (χ1v) is 8.44. The van der Waals surface area contributed by atoms with Gasteiger partial charge in [0.25, 0.3) is 0 Å². The fourth-order valence-electron chi connectivity index (χ4n) is 2.13. The largest absolute Gasteiger partial charge is 0.444 e. The van der Waals surface area contributed by atoms with Crippen molar-refractivity contribution in [1.29, 1.82) is 0 Å². The van der Waals surface area contributed by atoms with E-state index in [0.717, 1.165) is 5.56 Å². The minimum Gasteiger partial charge on any atom is -0.444 e. The maximum absolute atomic E-state index is 12.4. The SMILES string of the molecule is CC(C)(C)OC(=O)N[C@@H](CCO)C(=O)Nc1ccc(C(C)(C)C)cc1. The molecule has 2 amide bonds. The summed E-state index contributed by atoms with van der Waals surface area (Å²) in [6.07, 6.45) is -0.588. The number of hydrogen-bond donors (Lipinski definition) is 3. The van der Waals surface area contributed by atoms with E-state index in [1.165, 1.54) is 0 Å². The van der Waals surface area contributed by atoms with Crippen LogP contribution in [-0.4, -0.2) is 35.4 Å². The molecule has 25 heavy (non-hydrogen) atoms. The molecule has 0 bridgehead atoms. The Bertz CT molecular complexity index is 583. The van der Waals surface area contributed by atoms with Gasteiger partial charge < -0.3 is 20.5 Å². The highest BCUT2D eigenvalue weighted by atomic mass is 16.6. The third-order valence-corrected chi connectivity index (χ3v) is 3.44. The van der Waals surface area contributed by atoms with Gasteiger partial charge in [-0.25, -0.2) is 4.79 Å². The summed E-state index contributed by atoms with van der Waals surface area (Å²) < 4.78 is 5.16. The molecule has 1 aromatic rings. The van der Waals surface area contributed by atoms with Crippen LogP contribution in [0.4, 0.5) is 10.5 Å². The second-order valence-corrected chi connectivity index (χ2v) is 8.03. The third kappa shape index (κ3) is 7.56. The molecule has 0 heterocycles. The van der Waals surface area contributed by atoms with Crippen molar-refractivity contribution in [2.24, 2.45) is 0 Å². The van der Waals surface area contributed by atoms with E-state index in [1.54, 1.807) is 20.8 Å². The van der Waals surface area contributed by atoms with E-state index in [4.69, 9.17) is 9.84 Å². The monoisotopic (exact) mass is 350 g/mol. The van der Waals surface area contributed by atoms with Gasteiger partial charge in [0, 0.05) is 12.3 Å². The number of hydrogen-bond acceptors (Lipinski definition) is 4. The number of amides is 2. The van der Waals surface area contributed by atoms with Crippen LogP contribution in [0.2, 0.25) is 0 Å². The summed E-state index contributed by atoms with van der Waals surface area (Å²) >= 11 is 0. The van der Waals surface area contributed by atoms with Crippen LogP contribution in [0.5, 0.6) is 0 Å². The van der Waals surface area contributed by atoms with E-state index in [2.05, 4.69) is 31.4 Å². The first kappa shape index (κ1) is 21.0. The summed E-state index contributed by atoms with van der Waals surface area (Å²) in [5.41, 5.74) is 1.16. The molecule has 0 radical (unpaired) electrons. The second-order valence-electron chi connectivity index (χ2n) is 8.03. The van der Waals surface area contributed by atoms with Crippen LogP contribution in [0.15, 0.2) is 24.3 Å². The van der Waals surface area contributed by atoms with E-state index >= 15 is 0 Å². The molecule has 0 fully saturated rings. The zero-order chi connectivity index (χ0) is 19.3. The van der Waals surface area contributed by atoms with E-state index in [9.17, 15) is 9.59 Å². The molecular weight excluding hydrogens is 320 g/mol. The molecule has 0 spiro atoms. The summed E-state index contributed by atoms with van der Waals surface area (Å²) in [5.74, 6) is -0.400. The number of carbonyl (C=O) groups is 2. The van der Waals surface area contributed by atoms with Crippen molar-refractivity contribution in [3.63, 3.8) is 0 Å². The van der Waals surface area contributed by atoms with Crippen LogP contribution in [-0.2, 0) is 14.9 Å². The molecule has 0 aliphatic rings. The van der Waals surface area contributed by atoms with Gasteiger partial charge in [0.15, 0.2) is 0 Å². The Hall–Kier alpha value is -2.08. The molecule has 0 aliphatic carbocycles.